The second kappa shape index (κ2) is 5.81. The molecular weight excluding hydrogens is 318 g/mol. The number of aromatic nitrogens is 1. The van der Waals surface area contributed by atoms with Crippen molar-refractivity contribution in [2.75, 3.05) is 0 Å². The molecule has 0 aliphatic carbocycles. The van der Waals surface area contributed by atoms with Crippen LogP contribution in [0.3, 0.4) is 0 Å². The molecule has 2 heterocycles. The number of nitro groups is 1. The van der Waals surface area contributed by atoms with E-state index in [9.17, 15) is 14.9 Å². The predicted octanol–water partition coefficient (Wildman–Crippen LogP) is 3.27. The Labute approximate surface area is 134 Å². The zero-order chi connectivity index (χ0) is 16.6. The zero-order valence-electron chi connectivity index (χ0n) is 12.5. The summed E-state index contributed by atoms with van der Waals surface area (Å²) in [5.74, 6) is -1.25. The molecule has 0 spiro atoms. The molecule has 0 unspecified atom stereocenters. The molecule has 0 saturated carbocycles. The molecule has 23 heavy (non-hydrogen) atoms. The van der Waals surface area contributed by atoms with E-state index in [1.807, 2.05) is 36.6 Å². The number of nitrogens with zero attached hydrogens (tertiary/aromatic N) is 3. The number of fused-ring (bicyclic) bond motifs is 1. The summed E-state index contributed by atoms with van der Waals surface area (Å²) in [4.78, 5) is 26.7. The Kier molecular flexibility index (Phi) is 3.83. The van der Waals surface area contributed by atoms with Crippen molar-refractivity contribution in [1.29, 1.82) is 0 Å². The van der Waals surface area contributed by atoms with Crippen LogP contribution in [0.4, 0.5) is 5.88 Å². The molecule has 8 heteroatoms. The molecule has 0 bridgehead atoms. The van der Waals surface area contributed by atoms with Crippen molar-refractivity contribution in [3.05, 3.63) is 56.6 Å². The Morgan fingerprint density at radius 2 is 2.17 bits per heavy atom. The van der Waals surface area contributed by atoms with E-state index in [1.54, 1.807) is 0 Å². The minimum absolute atomic E-state index is 0.145. The summed E-state index contributed by atoms with van der Waals surface area (Å²) < 4.78 is 7.86. The Balaban J connectivity index is 2.08. The zero-order valence-corrected chi connectivity index (χ0v) is 13.3. The molecule has 1 aromatic carbocycles. The van der Waals surface area contributed by atoms with Gasteiger partial charge in [-0.25, -0.2) is 0 Å². The van der Waals surface area contributed by atoms with Crippen molar-refractivity contribution in [2.45, 2.75) is 20.4 Å². The highest BCUT2D eigenvalue weighted by molar-refractivity contribution is 7.16. The van der Waals surface area contributed by atoms with Gasteiger partial charge in [0.15, 0.2) is 4.80 Å². The monoisotopic (exact) mass is 331 g/mol. The van der Waals surface area contributed by atoms with Crippen molar-refractivity contribution in [3.63, 3.8) is 0 Å². The molecule has 118 valence electrons. The molecule has 0 saturated heterocycles. The van der Waals surface area contributed by atoms with Gasteiger partial charge < -0.3 is 8.98 Å². The first kappa shape index (κ1) is 15.2. The summed E-state index contributed by atoms with van der Waals surface area (Å²) in [6, 6.07) is 8.44. The van der Waals surface area contributed by atoms with E-state index in [1.165, 1.54) is 17.4 Å². The van der Waals surface area contributed by atoms with Crippen LogP contribution in [-0.2, 0) is 6.54 Å². The van der Waals surface area contributed by atoms with Gasteiger partial charge in [0.05, 0.1) is 16.3 Å². The number of hydrogen-bond donors (Lipinski definition) is 0. The van der Waals surface area contributed by atoms with Crippen LogP contribution < -0.4 is 4.80 Å². The van der Waals surface area contributed by atoms with E-state index in [4.69, 9.17) is 4.42 Å². The summed E-state index contributed by atoms with van der Waals surface area (Å²) in [6.45, 7) is 4.63. The third-order valence-electron chi connectivity index (χ3n) is 3.33. The Morgan fingerprint density at radius 3 is 2.83 bits per heavy atom. The largest absolute Gasteiger partial charge is 0.433 e. The Morgan fingerprint density at radius 1 is 1.39 bits per heavy atom. The van der Waals surface area contributed by atoms with Gasteiger partial charge in [-0.05, 0) is 37.6 Å². The minimum Gasteiger partial charge on any atom is -0.395 e. The lowest BCUT2D eigenvalue weighted by Gasteiger charge is -2.00. The molecule has 0 atom stereocenters. The van der Waals surface area contributed by atoms with Crippen molar-refractivity contribution in [3.8, 4) is 0 Å². The lowest BCUT2D eigenvalue weighted by atomic mass is 10.2. The van der Waals surface area contributed by atoms with Gasteiger partial charge in [0, 0.05) is 6.54 Å². The molecule has 0 aliphatic heterocycles. The van der Waals surface area contributed by atoms with Crippen LogP contribution in [0.25, 0.3) is 10.2 Å². The van der Waals surface area contributed by atoms with Crippen LogP contribution >= 0.6 is 11.3 Å². The molecule has 0 radical (unpaired) electrons. The van der Waals surface area contributed by atoms with Gasteiger partial charge in [0.25, 0.3) is 0 Å². The molecule has 7 nitrogen and oxygen atoms in total. The van der Waals surface area contributed by atoms with Crippen molar-refractivity contribution < 1.29 is 14.1 Å². The fourth-order valence-electron chi connectivity index (χ4n) is 2.25. The van der Waals surface area contributed by atoms with Crippen molar-refractivity contribution in [2.24, 2.45) is 4.99 Å². The third-order valence-corrected chi connectivity index (χ3v) is 4.38. The first-order chi connectivity index (χ1) is 11.0. The second-order valence-corrected chi connectivity index (χ2v) is 5.92. The van der Waals surface area contributed by atoms with Crippen molar-refractivity contribution in [1.82, 2.24) is 4.57 Å². The number of carbonyl (C=O) groups is 1. The highest BCUT2D eigenvalue weighted by Crippen LogP contribution is 2.20. The molecule has 0 fully saturated rings. The molecule has 2 aromatic heterocycles. The van der Waals surface area contributed by atoms with E-state index in [-0.39, 0.29) is 5.76 Å². The number of furan rings is 1. The van der Waals surface area contributed by atoms with E-state index >= 15 is 0 Å². The standard InChI is InChI=1S/C15H13N3O4S/c1-3-17-10-5-4-9(2)8-12(10)23-15(17)16-14(19)11-6-7-13(22-11)18(20)21/h4-8H,3H2,1-2H3. The summed E-state index contributed by atoms with van der Waals surface area (Å²) in [5, 5.41) is 10.6. The fraction of sp³-hybridized carbons (Fsp3) is 0.200. The smallest absolute Gasteiger partial charge is 0.395 e. The maximum Gasteiger partial charge on any atom is 0.433 e. The lowest BCUT2D eigenvalue weighted by Crippen LogP contribution is -2.15. The van der Waals surface area contributed by atoms with Gasteiger partial charge in [-0.15, -0.1) is 0 Å². The number of thiazole rings is 1. The lowest BCUT2D eigenvalue weighted by molar-refractivity contribution is -0.402. The summed E-state index contributed by atoms with van der Waals surface area (Å²) in [6.07, 6.45) is 0. The van der Waals surface area contributed by atoms with E-state index in [0.717, 1.165) is 21.8 Å². The molecule has 1 amide bonds. The van der Waals surface area contributed by atoms with Crippen LogP contribution in [0.15, 0.2) is 39.7 Å². The van der Waals surface area contributed by atoms with Crippen LogP contribution in [0.2, 0.25) is 0 Å². The van der Waals surface area contributed by atoms with Gasteiger partial charge in [-0.2, -0.15) is 4.99 Å². The van der Waals surface area contributed by atoms with Gasteiger partial charge in [0.1, 0.15) is 4.92 Å². The maximum atomic E-state index is 12.2. The molecule has 3 aromatic rings. The number of carbonyl (C=O) groups excluding carboxylic acids is 1. The first-order valence-corrected chi connectivity index (χ1v) is 7.74. The maximum absolute atomic E-state index is 12.2. The number of amides is 1. The predicted molar refractivity (Wildman–Crippen MR) is 85.5 cm³/mol. The topological polar surface area (TPSA) is 90.6 Å². The second-order valence-electron chi connectivity index (χ2n) is 4.91. The summed E-state index contributed by atoms with van der Waals surface area (Å²) in [7, 11) is 0. The number of benzene rings is 1. The highest BCUT2D eigenvalue weighted by Gasteiger charge is 2.17. The number of aryl methyl sites for hydroxylation is 2. The molecule has 0 N–H and O–H groups in total. The van der Waals surface area contributed by atoms with Crippen LogP contribution in [0.1, 0.15) is 23.0 Å². The highest BCUT2D eigenvalue weighted by atomic mass is 32.1. The average Bonchev–Trinajstić information content (AvgIpc) is 3.10. The van der Waals surface area contributed by atoms with Crippen molar-refractivity contribution >= 4 is 33.3 Å². The minimum atomic E-state index is -0.689. The molecular formula is C15H13N3O4S. The van der Waals surface area contributed by atoms with Gasteiger partial charge >= 0.3 is 11.8 Å². The molecule has 0 aliphatic rings. The van der Waals surface area contributed by atoms with Gasteiger partial charge in [-0.3, -0.25) is 14.9 Å². The molecule has 3 rings (SSSR count). The van der Waals surface area contributed by atoms with Crippen LogP contribution in [0, 0.1) is 17.0 Å². The summed E-state index contributed by atoms with van der Waals surface area (Å²) in [5.41, 5.74) is 2.13. The van der Waals surface area contributed by atoms with Gasteiger partial charge in [0.2, 0.25) is 5.76 Å². The summed E-state index contributed by atoms with van der Waals surface area (Å²) >= 11 is 1.40. The first-order valence-electron chi connectivity index (χ1n) is 6.93. The van der Waals surface area contributed by atoms with Crippen LogP contribution in [0.5, 0.6) is 0 Å². The third kappa shape index (κ3) is 2.80. The Bertz CT molecular complexity index is 980. The van der Waals surface area contributed by atoms with E-state index in [2.05, 4.69) is 4.99 Å². The Hall–Kier alpha value is -2.74. The SMILES string of the molecule is CCn1c(=NC(=O)c2ccc([N+](=O)[O-])o2)sc2cc(C)ccc21. The van der Waals surface area contributed by atoms with E-state index in [0.29, 0.717) is 11.3 Å². The van der Waals surface area contributed by atoms with Gasteiger partial charge in [-0.1, -0.05) is 17.4 Å². The quantitative estimate of drug-likeness (QED) is 0.544. The van der Waals surface area contributed by atoms with E-state index < -0.39 is 16.7 Å². The normalized spacial score (nSPS) is 12.0. The number of hydrogen-bond acceptors (Lipinski definition) is 5. The van der Waals surface area contributed by atoms with Crippen LogP contribution in [-0.4, -0.2) is 15.4 Å². The number of rotatable bonds is 3. The average molecular weight is 331 g/mol. The fourth-order valence-corrected chi connectivity index (χ4v) is 3.44.